The van der Waals surface area contributed by atoms with Gasteiger partial charge >= 0.3 is 0 Å². The van der Waals surface area contributed by atoms with Gasteiger partial charge < -0.3 is 10.2 Å². The van der Waals surface area contributed by atoms with Gasteiger partial charge in [-0.15, -0.1) is 11.3 Å². The molecule has 0 aliphatic carbocycles. The Morgan fingerprint density at radius 2 is 1.58 bits per heavy atom. The molecule has 31 heavy (non-hydrogen) atoms. The summed E-state index contributed by atoms with van der Waals surface area (Å²) < 4.78 is 13.1. The number of piperazine rings is 1. The van der Waals surface area contributed by atoms with Gasteiger partial charge in [0, 0.05) is 50.2 Å². The topological polar surface area (TPSA) is 68.8 Å². The summed E-state index contributed by atoms with van der Waals surface area (Å²) in [6.45, 7) is 5.67. The van der Waals surface area contributed by atoms with Gasteiger partial charge in [0.15, 0.2) is 5.13 Å². The first-order chi connectivity index (χ1) is 15.1. The van der Waals surface area contributed by atoms with Gasteiger partial charge in [-0.2, -0.15) is 0 Å². The maximum atomic E-state index is 13.1. The van der Waals surface area contributed by atoms with E-state index in [1.807, 2.05) is 10.3 Å². The van der Waals surface area contributed by atoms with Crippen LogP contribution in [0, 0.1) is 5.82 Å². The van der Waals surface area contributed by atoms with Crippen LogP contribution in [0.5, 0.6) is 0 Å². The Balaban J connectivity index is 1.20. The fourth-order valence-corrected chi connectivity index (χ4v) is 4.72. The molecule has 3 heterocycles. The summed E-state index contributed by atoms with van der Waals surface area (Å²) in [6.07, 6.45) is 3.44. The average molecular weight is 446 g/mol. The van der Waals surface area contributed by atoms with Gasteiger partial charge in [-0.05, 0) is 43.5 Å². The number of likely N-dealkylation sites (tertiary alicyclic amines) is 1. The van der Waals surface area contributed by atoms with Gasteiger partial charge in [-0.3, -0.25) is 19.4 Å². The van der Waals surface area contributed by atoms with E-state index in [0.717, 1.165) is 57.7 Å². The van der Waals surface area contributed by atoms with Gasteiger partial charge in [0.2, 0.25) is 11.8 Å². The molecule has 2 saturated heterocycles. The van der Waals surface area contributed by atoms with Gasteiger partial charge in [0.05, 0.1) is 18.8 Å². The molecule has 1 aromatic heterocycles. The second kappa shape index (κ2) is 10.3. The van der Waals surface area contributed by atoms with Crippen LogP contribution in [0.15, 0.2) is 29.6 Å². The molecule has 1 N–H and O–H groups in total. The lowest BCUT2D eigenvalue weighted by Gasteiger charge is -2.35. The number of hydrogen-bond acceptors (Lipinski definition) is 6. The first-order valence-corrected chi connectivity index (χ1v) is 11.7. The maximum absolute atomic E-state index is 13.1. The number of benzene rings is 1. The minimum absolute atomic E-state index is 0.0992. The van der Waals surface area contributed by atoms with Crippen molar-refractivity contribution in [2.75, 3.05) is 57.7 Å². The van der Waals surface area contributed by atoms with Gasteiger partial charge in [0.25, 0.3) is 0 Å². The van der Waals surface area contributed by atoms with Crippen molar-refractivity contribution in [2.45, 2.75) is 19.3 Å². The predicted molar refractivity (Wildman–Crippen MR) is 119 cm³/mol. The minimum Gasteiger partial charge on any atom is -0.342 e. The number of hydrogen-bond donors (Lipinski definition) is 1. The zero-order chi connectivity index (χ0) is 21.6. The number of carbonyl (C=O) groups excluding carboxylic acids is 2. The smallest absolute Gasteiger partial charge is 0.240 e. The monoisotopic (exact) mass is 445 g/mol. The van der Waals surface area contributed by atoms with Crippen LogP contribution in [0.2, 0.25) is 0 Å². The lowest BCUT2D eigenvalue weighted by atomic mass is 10.1. The fraction of sp³-hybridized carbons (Fsp3) is 0.500. The van der Waals surface area contributed by atoms with Crippen LogP contribution in [0.4, 0.5) is 9.52 Å². The predicted octanol–water partition coefficient (Wildman–Crippen LogP) is 2.52. The summed E-state index contributed by atoms with van der Waals surface area (Å²) in [6, 6.07) is 6.14. The number of rotatable bonds is 6. The standard InChI is InChI=1S/C22H28FN5O2S/c23-18-6-4-17(5-7-18)19-16-31-22(24-19)25-20(29)14-26-10-12-27(13-11-26)15-21(30)28-8-2-1-3-9-28/h4-7,16H,1-3,8-15H2,(H,24,25,29). The second-order valence-electron chi connectivity index (χ2n) is 8.09. The van der Waals surface area contributed by atoms with Crippen LogP contribution in [0.3, 0.4) is 0 Å². The van der Waals surface area contributed by atoms with Crippen LogP contribution >= 0.6 is 11.3 Å². The Bertz CT molecular complexity index is 890. The van der Waals surface area contributed by atoms with Crippen molar-refractivity contribution in [3.05, 3.63) is 35.5 Å². The lowest BCUT2D eigenvalue weighted by molar-refractivity contribution is -0.134. The third-order valence-electron chi connectivity index (χ3n) is 5.79. The number of carbonyl (C=O) groups is 2. The highest BCUT2D eigenvalue weighted by atomic mass is 32.1. The Hall–Kier alpha value is -2.36. The maximum Gasteiger partial charge on any atom is 0.240 e. The number of halogens is 1. The van der Waals surface area contributed by atoms with Crippen molar-refractivity contribution in [1.82, 2.24) is 19.7 Å². The molecule has 4 rings (SSSR count). The number of nitrogens with zero attached hydrogens (tertiary/aromatic N) is 4. The van der Waals surface area contributed by atoms with E-state index in [0.29, 0.717) is 23.9 Å². The number of nitrogens with one attached hydrogen (secondary N) is 1. The summed E-state index contributed by atoms with van der Waals surface area (Å²) in [4.78, 5) is 35.6. The summed E-state index contributed by atoms with van der Waals surface area (Å²) in [5.74, 6) is -0.159. The summed E-state index contributed by atoms with van der Waals surface area (Å²) >= 11 is 1.35. The zero-order valence-electron chi connectivity index (χ0n) is 17.6. The molecule has 1 aromatic carbocycles. The molecule has 2 fully saturated rings. The molecule has 166 valence electrons. The molecule has 0 radical (unpaired) electrons. The molecular weight excluding hydrogens is 417 g/mol. The second-order valence-corrected chi connectivity index (χ2v) is 8.94. The van der Waals surface area contributed by atoms with Crippen molar-refractivity contribution in [3.63, 3.8) is 0 Å². The van der Waals surface area contributed by atoms with Gasteiger partial charge in [0.1, 0.15) is 5.82 Å². The first-order valence-electron chi connectivity index (χ1n) is 10.8. The van der Waals surface area contributed by atoms with Crippen molar-refractivity contribution in [1.29, 1.82) is 0 Å². The Morgan fingerprint density at radius 1 is 0.935 bits per heavy atom. The van der Waals surface area contributed by atoms with E-state index >= 15 is 0 Å². The van der Waals surface area contributed by atoms with Crippen LogP contribution in [0.25, 0.3) is 11.3 Å². The van der Waals surface area contributed by atoms with Crippen LogP contribution in [-0.4, -0.2) is 83.9 Å². The molecule has 0 spiro atoms. The van der Waals surface area contributed by atoms with E-state index in [4.69, 9.17) is 0 Å². The van der Waals surface area contributed by atoms with E-state index in [1.54, 1.807) is 12.1 Å². The summed E-state index contributed by atoms with van der Waals surface area (Å²) in [7, 11) is 0. The molecule has 0 bridgehead atoms. The Morgan fingerprint density at radius 3 is 2.26 bits per heavy atom. The van der Waals surface area contributed by atoms with Crippen molar-refractivity contribution in [2.24, 2.45) is 0 Å². The molecular formula is C22H28FN5O2S. The average Bonchev–Trinajstić information content (AvgIpc) is 3.24. The molecule has 2 aliphatic heterocycles. The largest absolute Gasteiger partial charge is 0.342 e. The number of piperidine rings is 1. The third-order valence-corrected chi connectivity index (χ3v) is 6.55. The van der Waals surface area contributed by atoms with Crippen molar-refractivity contribution in [3.8, 4) is 11.3 Å². The van der Waals surface area contributed by atoms with E-state index in [1.165, 1.54) is 29.9 Å². The van der Waals surface area contributed by atoms with Crippen LogP contribution in [-0.2, 0) is 9.59 Å². The van der Waals surface area contributed by atoms with Gasteiger partial charge in [-0.25, -0.2) is 9.37 Å². The number of amides is 2. The molecule has 0 unspecified atom stereocenters. The lowest BCUT2D eigenvalue weighted by Crippen LogP contribution is -2.51. The minimum atomic E-state index is -0.288. The van der Waals surface area contributed by atoms with Crippen LogP contribution in [0.1, 0.15) is 19.3 Å². The molecule has 9 heteroatoms. The third kappa shape index (κ3) is 6.09. The number of thiazole rings is 1. The van der Waals surface area contributed by atoms with Crippen molar-refractivity contribution < 1.29 is 14.0 Å². The number of anilines is 1. The van der Waals surface area contributed by atoms with E-state index in [-0.39, 0.29) is 17.6 Å². The van der Waals surface area contributed by atoms with E-state index in [2.05, 4.69) is 20.1 Å². The Labute approximate surface area is 185 Å². The molecule has 0 atom stereocenters. The van der Waals surface area contributed by atoms with Crippen LogP contribution < -0.4 is 5.32 Å². The number of aromatic nitrogens is 1. The molecule has 2 aromatic rings. The normalized spacial score (nSPS) is 18.2. The van der Waals surface area contributed by atoms with E-state index in [9.17, 15) is 14.0 Å². The SMILES string of the molecule is O=C(CN1CCN(CC(=O)N2CCCCC2)CC1)Nc1nc(-c2ccc(F)cc2)cs1. The highest BCUT2D eigenvalue weighted by molar-refractivity contribution is 7.14. The summed E-state index contributed by atoms with van der Waals surface area (Å²) in [5.41, 5.74) is 1.53. The first kappa shape index (κ1) is 21.9. The fourth-order valence-electron chi connectivity index (χ4n) is 3.99. The molecule has 7 nitrogen and oxygen atoms in total. The zero-order valence-corrected chi connectivity index (χ0v) is 18.4. The summed E-state index contributed by atoms with van der Waals surface area (Å²) in [5, 5.41) is 5.24. The Kier molecular flexibility index (Phi) is 7.26. The molecule has 0 saturated carbocycles. The molecule has 2 aliphatic rings. The van der Waals surface area contributed by atoms with Crippen molar-refractivity contribution >= 4 is 28.3 Å². The van der Waals surface area contributed by atoms with E-state index < -0.39 is 0 Å². The highest BCUT2D eigenvalue weighted by Gasteiger charge is 2.23. The highest BCUT2D eigenvalue weighted by Crippen LogP contribution is 2.25. The molecule has 2 amide bonds. The quantitative estimate of drug-likeness (QED) is 0.740. The van der Waals surface area contributed by atoms with Gasteiger partial charge in [-0.1, -0.05) is 0 Å².